The first-order chi connectivity index (χ1) is 26.2. The van der Waals surface area contributed by atoms with Crippen molar-refractivity contribution in [2.75, 3.05) is 0 Å². The molecule has 53 heavy (non-hydrogen) atoms. The second-order valence-corrected chi connectivity index (χ2v) is 13.2. The quantitative estimate of drug-likeness (QED) is 0.176. The summed E-state index contributed by atoms with van der Waals surface area (Å²) in [6.45, 7) is 0. The Labute approximate surface area is 306 Å². The van der Waals surface area contributed by atoms with Crippen molar-refractivity contribution in [2.24, 2.45) is 0 Å². The Morgan fingerprint density at radius 1 is 0.283 bits per heavy atom. The number of hydrogen-bond donors (Lipinski definition) is 0. The molecule has 0 amide bonds. The lowest BCUT2D eigenvalue weighted by molar-refractivity contribution is 0.673. The van der Waals surface area contributed by atoms with Crippen LogP contribution >= 0.6 is 0 Å². The van der Waals surface area contributed by atoms with E-state index in [0.29, 0.717) is 17.5 Å². The zero-order chi connectivity index (χ0) is 35.1. The molecule has 248 valence electrons. The van der Waals surface area contributed by atoms with E-state index in [4.69, 9.17) is 19.4 Å². The minimum Gasteiger partial charge on any atom is -0.455 e. The third-order valence-corrected chi connectivity index (χ3v) is 9.90. The van der Waals surface area contributed by atoms with Crippen LogP contribution in [-0.4, -0.2) is 15.0 Å². The predicted octanol–water partition coefficient (Wildman–Crippen LogP) is 12.9. The second-order valence-electron chi connectivity index (χ2n) is 13.2. The van der Waals surface area contributed by atoms with E-state index in [9.17, 15) is 0 Å². The van der Waals surface area contributed by atoms with Gasteiger partial charge in [0.15, 0.2) is 17.5 Å². The molecule has 0 spiro atoms. The summed E-state index contributed by atoms with van der Waals surface area (Å²) >= 11 is 0. The summed E-state index contributed by atoms with van der Waals surface area (Å²) in [5.74, 6) is 1.83. The van der Waals surface area contributed by atoms with E-state index < -0.39 is 0 Å². The Bertz CT molecular complexity index is 2860. The zero-order valence-electron chi connectivity index (χ0n) is 28.6. The fourth-order valence-corrected chi connectivity index (χ4v) is 7.29. The summed E-state index contributed by atoms with van der Waals surface area (Å²) < 4.78 is 6.66. The molecule has 2 heterocycles. The number of nitrogens with zero attached hydrogens (tertiary/aromatic N) is 3. The van der Waals surface area contributed by atoms with Gasteiger partial charge in [-0.05, 0) is 75.2 Å². The molecule has 0 atom stereocenters. The Hall–Kier alpha value is -7.17. The molecule has 8 aromatic carbocycles. The van der Waals surface area contributed by atoms with Crippen molar-refractivity contribution < 1.29 is 4.42 Å². The smallest absolute Gasteiger partial charge is 0.164 e. The summed E-state index contributed by atoms with van der Waals surface area (Å²) in [5.41, 5.74) is 11.2. The fourth-order valence-electron chi connectivity index (χ4n) is 7.29. The molecule has 0 aliphatic carbocycles. The van der Waals surface area contributed by atoms with Crippen LogP contribution in [0.15, 0.2) is 192 Å². The van der Waals surface area contributed by atoms with Gasteiger partial charge in [0.2, 0.25) is 0 Å². The first-order valence-corrected chi connectivity index (χ1v) is 17.8. The van der Waals surface area contributed by atoms with Gasteiger partial charge in [-0.1, -0.05) is 152 Å². The van der Waals surface area contributed by atoms with Gasteiger partial charge in [-0.2, -0.15) is 0 Å². The lowest BCUT2D eigenvalue weighted by atomic mass is 9.95. The molecular formula is C49H31N3O. The molecule has 0 bridgehead atoms. The van der Waals surface area contributed by atoms with E-state index in [1.807, 2.05) is 48.5 Å². The van der Waals surface area contributed by atoms with Crippen LogP contribution in [0.2, 0.25) is 0 Å². The summed E-state index contributed by atoms with van der Waals surface area (Å²) in [6, 6.07) is 65.1. The summed E-state index contributed by atoms with van der Waals surface area (Å²) in [7, 11) is 0. The number of hydrogen-bond acceptors (Lipinski definition) is 4. The van der Waals surface area contributed by atoms with Crippen LogP contribution in [0, 0.1) is 0 Å². The van der Waals surface area contributed by atoms with Crippen molar-refractivity contribution in [3.05, 3.63) is 188 Å². The normalized spacial score (nSPS) is 11.4. The molecule has 0 saturated heterocycles. The van der Waals surface area contributed by atoms with Gasteiger partial charge in [-0.25, -0.2) is 15.0 Å². The van der Waals surface area contributed by atoms with Crippen molar-refractivity contribution in [2.45, 2.75) is 0 Å². The van der Waals surface area contributed by atoms with Gasteiger partial charge in [0.1, 0.15) is 11.2 Å². The summed E-state index contributed by atoms with van der Waals surface area (Å²) in [5, 5.41) is 4.10. The minimum absolute atomic E-state index is 0.605. The third-order valence-electron chi connectivity index (χ3n) is 9.90. The first kappa shape index (κ1) is 30.6. The molecule has 0 aliphatic heterocycles. The first-order valence-electron chi connectivity index (χ1n) is 17.8. The van der Waals surface area contributed by atoms with E-state index in [1.54, 1.807) is 0 Å². The third kappa shape index (κ3) is 5.63. The van der Waals surface area contributed by atoms with Crippen LogP contribution in [0.5, 0.6) is 0 Å². The topological polar surface area (TPSA) is 51.8 Å². The van der Waals surface area contributed by atoms with E-state index >= 15 is 0 Å². The van der Waals surface area contributed by atoms with Crippen molar-refractivity contribution in [1.82, 2.24) is 15.0 Å². The van der Waals surface area contributed by atoms with Crippen molar-refractivity contribution in [1.29, 1.82) is 0 Å². The average molecular weight is 678 g/mol. The van der Waals surface area contributed by atoms with Crippen molar-refractivity contribution in [3.63, 3.8) is 0 Å². The molecule has 10 aromatic rings. The number of furan rings is 1. The van der Waals surface area contributed by atoms with E-state index in [0.717, 1.165) is 82.8 Å². The highest BCUT2D eigenvalue weighted by molar-refractivity contribution is 6.19. The standard InChI is InChI=1S/C49H31N3O/c1-5-15-32(16-6-1)36-25-26-41-43-31-44(40-23-13-14-24-42(40)46(43)53-45(41)30-36)49-51-47(35-21-11-4-12-22-35)50-48(52-49)39-28-37(33-17-7-2-8-18-33)27-38(29-39)34-19-9-3-10-20-34/h1-31H. The Morgan fingerprint density at radius 2 is 0.755 bits per heavy atom. The number of rotatable bonds is 6. The van der Waals surface area contributed by atoms with Crippen LogP contribution in [0.1, 0.15) is 0 Å². The average Bonchev–Trinajstić information content (AvgIpc) is 3.62. The highest BCUT2D eigenvalue weighted by Crippen LogP contribution is 2.41. The molecule has 0 radical (unpaired) electrons. The van der Waals surface area contributed by atoms with Crippen LogP contribution in [0.3, 0.4) is 0 Å². The van der Waals surface area contributed by atoms with Crippen LogP contribution in [0.4, 0.5) is 0 Å². The number of fused-ring (bicyclic) bond motifs is 5. The van der Waals surface area contributed by atoms with Gasteiger partial charge in [-0.15, -0.1) is 0 Å². The minimum atomic E-state index is 0.605. The highest BCUT2D eigenvalue weighted by atomic mass is 16.3. The van der Waals surface area contributed by atoms with Gasteiger partial charge in [0.05, 0.1) is 0 Å². The fraction of sp³-hybridized carbons (Fsp3) is 0. The van der Waals surface area contributed by atoms with Gasteiger partial charge < -0.3 is 4.42 Å². The number of benzene rings is 8. The monoisotopic (exact) mass is 677 g/mol. The molecule has 4 heteroatoms. The SMILES string of the molecule is c1ccc(-c2cc(-c3ccccc3)cc(-c3nc(-c4ccccc4)nc(-c4cc5c6ccc(-c7ccccc7)cc6oc5c5ccccc45)n3)c2)cc1. The maximum Gasteiger partial charge on any atom is 0.164 e. The van der Waals surface area contributed by atoms with Crippen LogP contribution < -0.4 is 0 Å². The zero-order valence-corrected chi connectivity index (χ0v) is 28.6. The van der Waals surface area contributed by atoms with E-state index in [2.05, 4.69) is 140 Å². The predicted molar refractivity (Wildman–Crippen MR) is 217 cm³/mol. The maximum absolute atomic E-state index is 6.66. The van der Waals surface area contributed by atoms with Crippen molar-refractivity contribution >= 4 is 32.7 Å². The van der Waals surface area contributed by atoms with E-state index in [1.165, 1.54) is 0 Å². The highest BCUT2D eigenvalue weighted by Gasteiger charge is 2.20. The maximum atomic E-state index is 6.66. The summed E-state index contributed by atoms with van der Waals surface area (Å²) in [6.07, 6.45) is 0. The molecule has 2 aromatic heterocycles. The molecule has 0 aliphatic rings. The second kappa shape index (κ2) is 12.9. The molecule has 0 fully saturated rings. The lowest BCUT2D eigenvalue weighted by Gasteiger charge is -2.13. The Kier molecular flexibility index (Phi) is 7.43. The number of aromatic nitrogens is 3. The van der Waals surface area contributed by atoms with Gasteiger partial charge >= 0.3 is 0 Å². The molecule has 0 saturated carbocycles. The largest absolute Gasteiger partial charge is 0.455 e. The van der Waals surface area contributed by atoms with Gasteiger partial charge in [0, 0.05) is 32.8 Å². The molecular weight excluding hydrogens is 647 g/mol. The molecule has 0 N–H and O–H groups in total. The molecule has 4 nitrogen and oxygen atoms in total. The van der Waals surface area contributed by atoms with Crippen molar-refractivity contribution in [3.8, 4) is 67.5 Å². The Morgan fingerprint density at radius 3 is 1.36 bits per heavy atom. The van der Waals surface area contributed by atoms with Crippen LogP contribution in [0.25, 0.3) is 100 Å². The van der Waals surface area contributed by atoms with Gasteiger partial charge in [0.25, 0.3) is 0 Å². The Balaban J connectivity index is 1.22. The van der Waals surface area contributed by atoms with Gasteiger partial charge in [-0.3, -0.25) is 0 Å². The van der Waals surface area contributed by atoms with E-state index in [-0.39, 0.29) is 0 Å². The molecule has 0 unspecified atom stereocenters. The summed E-state index contributed by atoms with van der Waals surface area (Å²) in [4.78, 5) is 15.6. The lowest BCUT2D eigenvalue weighted by Crippen LogP contribution is -2.01. The molecule has 10 rings (SSSR count). The van der Waals surface area contributed by atoms with Crippen LogP contribution in [-0.2, 0) is 0 Å².